The van der Waals surface area contributed by atoms with Crippen LogP contribution in [0.5, 0.6) is 11.5 Å². The van der Waals surface area contributed by atoms with E-state index >= 15 is 0 Å². The first-order valence-corrected chi connectivity index (χ1v) is 27.9. The highest BCUT2D eigenvalue weighted by molar-refractivity contribution is 9.10. The molecule has 6 heterocycles. The molecule has 18 nitrogen and oxygen atoms in total. The Balaban J connectivity index is 0.817. The Labute approximate surface area is 420 Å². The van der Waals surface area contributed by atoms with Gasteiger partial charge in [-0.25, -0.2) is 9.67 Å². The van der Waals surface area contributed by atoms with Crippen LogP contribution in [-0.2, 0) is 33.5 Å². The van der Waals surface area contributed by atoms with E-state index in [9.17, 15) is 24.1 Å². The number of amides is 2. The maximum absolute atomic E-state index is 13.8. The number of hydrogen-bond acceptors (Lipinski definition) is 16. The Bertz CT molecular complexity index is 2920. The number of nitrogens with one attached hydrogen (secondary N) is 3. The molecule has 2 unspecified atom stereocenters. The average Bonchev–Trinajstić information content (AvgIpc) is 3.65. The summed E-state index contributed by atoms with van der Waals surface area (Å²) in [5, 5.41) is 26.3. The fourth-order valence-corrected chi connectivity index (χ4v) is 12.2. The van der Waals surface area contributed by atoms with Crippen LogP contribution in [0.1, 0.15) is 57.6 Å². The maximum atomic E-state index is 13.8. The number of benzene rings is 3. The van der Waals surface area contributed by atoms with Crippen LogP contribution in [0, 0.1) is 0 Å². The van der Waals surface area contributed by atoms with E-state index in [1.165, 1.54) is 20.8 Å². The zero-order chi connectivity index (χ0) is 49.4. The minimum Gasteiger partial charge on any atom is -0.492 e. The molecule has 9 rings (SSSR count). The highest BCUT2D eigenvalue weighted by Crippen LogP contribution is 2.44. The minimum absolute atomic E-state index is 0.192. The fraction of sp³-hybridized carbons (Fsp3) is 0.469. The number of nitrogens with zero attached hydrogens (tertiary/aromatic N) is 8. The van der Waals surface area contributed by atoms with Crippen LogP contribution in [0.2, 0.25) is 5.02 Å². The van der Waals surface area contributed by atoms with Gasteiger partial charge in [-0.05, 0) is 117 Å². The molecule has 5 aromatic rings. The van der Waals surface area contributed by atoms with Crippen molar-refractivity contribution in [2.75, 3.05) is 86.2 Å². The number of carbonyl (C=O) groups excluding carboxylic acids is 2. The maximum Gasteiger partial charge on any atom is 0.282 e. The number of rotatable bonds is 15. The predicted molar refractivity (Wildman–Crippen MR) is 278 cm³/mol. The zero-order valence-corrected chi connectivity index (χ0v) is 43.4. The molecule has 3 aromatic carbocycles. The molecule has 0 saturated carbocycles. The Morgan fingerprint density at radius 3 is 2.40 bits per heavy atom. The smallest absolute Gasteiger partial charge is 0.282 e. The van der Waals surface area contributed by atoms with Crippen molar-refractivity contribution < 1.29 is 28.7 Å². The van der Waals surface area contributed by atoms with Crippen LogP contribution in [-0.4, -0.2) is 131 Å². The number of aryl methyl sites for hydroxylation is 2. The van der Waals surface area contributed by atoms with Crippen molar-refractivity contribution in [2.45, 2.75) is 84.3 Å². The van der Waals surface area contributed by atoms with E-state index in [2.05, 4.69) is 75.7 Å². The van der Waals surface area contributed by atoms with Gasteiger partial charge in [0.15, 0.2) is 0 Å². The van der Waals surface area contributed by atoms with Crippen LogP contribution >= 0.6 is 34.7 Å². The number of aliphatic hydroxyl groups excluding tert-OH is 1. The highest BCUT2D eigenvalue weighted by Gasteiger charge is 2.41. The summed E-state index contributed by atoms with van der Waals surface area (Å²) in [6.45, 7) is 16.8. The average molecular weight is 1060 g/mol. The van der Waals surface area contributed by atoms with Crippen LogP contribution in [0.25, 0.3) is 10.8 Å². The van der Waals surface area contributed by atoms with Crippen LogP contribution in [0.4, 0.5) is 34.5 Å². The largest absolute Gasteiger partial charge is 0.492 e. The lowest BCUT2D eigenvalue weighted by Crippen LogP contribution is -2.55. The first-order chi connectivity index (χ1) is 33.6. The minimum atomic E-state index is -2.91. The number of hydrogen-bond donors (Lipinski definition) is 4. The Morgan fingerprint density at radius 2 is 1.70 bits per heavy atom. The van der Waals surface area contributed by atoms with E-state index in [4.69, 9.17) is 26.1 Å². The quantitative estimate of drug-likeness (QED) is 0.0660. The number of ether oxygens (including phenoxy) is 2. The second kappa shape index (κ2) is 20.8. The first kappa shape index (κ1) is 49.7. The second-order valence-corrected chi connectivity index (χ2v) is 22.9. The molecular formula is C49H60BrClN11O7P. The van der Waals surface area contributed by atoms with Crippen molar-refractivity contribution in [1.29, 1.82) is 0 Å². The molecule has 2 aromatic heterocycles. The van der Waals surface area contributed by atoms with E-state index in [0.717, 1.165) is 76.3 Å². The number of aromatic nitrogens is 4. The summed E-state index contributed by atoms with van der Waals surface area (Å²) < 4.78 is 27.8. The molecule has 2 amide bonds. The highest BCUT2D eigenvalue weighted by atomic mass is 79.9. The van der Waals surface area contributed by atoms with Crippen molar-refractivity contribution in [1.82, 2.24) is 34.9 Å². The SMILES string of the molecule is CCOc1cc(N2CCC(N3CCN(CCc4cc5c(cc4Cl)N(C4CCC(=O)NC4=O)C(O)O5)CC3)CC2)c(CC)cc1Nc1ncc(Br)c(Nc2ccc3c(=O)n(CC)ncc3c2P(C)(C)=O)n1. The lowest BCUT2D eigenvalue weighted by molar-refractivity contribution is -0.135. The number of piperidine rings is 2. The molecule has 0 spiro atoms. The van der Waals surface area contributed by atoms with Gasteiger partial charge in [-0.2, -0.15) is 10.1 Å². The van der Waals surface area contributed by atoms with E-state index in [1.807, 2.05) is 19.9 Å². The van der Waals surface area contributed by atoms with Crippen molar-refractivity contribution in [3.05, 3.63) is 79.8 Å². The molecule has 70 heavy (non-hydrogen) atoms. The van der Waals surface area contributed by atoms with E-state index in [-0.39, 0.29) is 24.3 Å². The Morgan fingerprint density at radius 1 is 0.929 bits per heavy atom. The molecule has 4 aliphatic rings. The van der Waals surface area contributed by atoms with Crippen molar-refractivity contribution in [3.8, 4) is 11.5 Å². The lowest BCUT2D eigenvalue weighted by Gasteiger charge is -2.43. The van der Waals surface area contributed by atoms with Crippen molar-refractivity contribution in [3.63, 3.8) is 0 Å². The normalized spacial score (nSPS) is 19.3. The predicted octanol–water partition coefficient (Wildman–Crippen LogP) is 6.43. The molecule has 2 atom stereocenters. The standard InChI is InChI=1S/C49H60BrClN11O7P/c1-6-29-23-37(55-48-52-28-34(50)45(57-48)54-36-10-9-32-33(44(36)70(4,5)67)27-53-61(7-2)47(32)65)41(68-8-3)26-39(29)60-17-14-31(15-18-60)59-21-19-58(20-22-59)16-13-30-24-42-40(25-35(30)51)62(49(66)69-42)38-11-12-43(63)56-46(38)64/h9-10,23-28,31,38,49,66H,6-8,11-22H2,1-5H3,(H,56,63,64)(H2,52,54,55,57). The van der Waals surface area contributed by atoms with Gasteiger partial charge in [0.1, 0.15) is 30.5 Å². The van der Waals surface area contributed by atoms with Gasteiger partial charge >= 0.3 is 0 Å². The van der Waals surface area contributed by atoms with Crippen LogP contribution < -0.4 is 46.1 Å². The number of piperazine rings is 1. The third kappa shape index (κ3) is 10.2. The van der Waals surface area contributed by atoms with E-state index in [1.54, 1.807) is 43.9 Å². The number of carbonyl (C=O) groups is 2. The molecule has 0 aliphatic carbocycles. The van der Waals surface area contributed by atoms with Gasteiger partial charge in [-0.1, -0.05) is 18.5 Å². The topological polar surface area (TPSA) is 200 Å². The first-order valence-electron chi connectivity index (χ1n) is 24.1. The zero-order valence-electron chi connectivity index (χ0n) is 40.1. The number of aliphatic hydroxyl groups is 1. The van der Waals surface area contributed by atoms with Crippen LogP contribution in [0.3, 0.4) is 0 Å². The molecule has 3 fully saturated rings. The molecule has 0 bridgehead atoms. The van der Waals surface area contributed by atoms with Gasteiger partial charge in [0.2, 0.25) is 17.8 Å². The van der Waals surface area contributed by atoms with Crippen LogP contribution in [0.15, 0.2) is 58.1 Å². The van der Waals surface area contributed by atoms with E-state index < -0.39 is 25.5 Å². The third-order valence-corrected chi connectivity index (χ3v) is 16.3. The summed E-state index contributed by atoms with van der Waals surface area (Å²) >= 11 is 10.4. The molecule has 0 radical (unpaired) electrons. The van der Waals surface area contributed by atoms with Gasteiger partial charge in [0.25, 0.3) is 12.0 Å². The summed E-state index contributed by atoms with van der Waals surface area (Å²) in [6.07, 6.45) is 6.06. The lowest BCUT2D eigenvalue weighted by atomic mass is 9.99. The van der Waals surface area contributed by atoms with Gasteiger partial charge in [-0.15, -0.1) is 0 Å². The van der Waals surface area contributed by atoms with Gasteiger partial charge in [0, 0.05) is 98.5 Å². The Hall–Kier alpha value is -5.30. The molecule has 372 valence electrons. The number of fused-ring (bicyclic) bond motifs is 2. The number of imide groups is 1. The Kier molecular flexibility index (Phi) is 14.8. The number of halogens is 2. The summed E-state index contributed by atoms with van der Waals surface area (Å²) in [6, 6.07) is 11.2. The number of anilines is 6. The van der Waals surface area contributed by atoms with Crippen molar-refractivity contribution >= 4 is 97.1 Å². The summed E-state index contributed by atoms with van der Waals surface area (Å²) in [7, 11) is -2.91. The van der Waals surface area contributed by atoms with Gasteiger partial charge in [-0.3, -0.25) is 29.5 Å². The second-order valence-electron chi connectivity index (χ2n) is 18.5. The summed E-state index contributed by atoms with van der Waals surface area (Å²) in [5.41, 5.74) is 4.91. The summed E-state index contributed by atoms with van der Waals surface area (Å²) in [5.74, 6) is 1.20. The molecular weight excluding hydrogens is 1000 g/mol. The molecule has 3 saturated heterocycles. The fourth-order valence-electron chi connectivity index (χ4n) is 10.2. The molecule has 4 aliphatic heterocycles. The monoisotopic (exact) mass is 1060 g/mol. The van der Waals surface area contributed by atoms with Crippen molar-refractivity contribution in [2.24, 2.45) is 0 Å². The van der Waals surface area contributed by atoms with E-state index in [0.29, 0.717) is 85.8 Å². The molecule has 4 N–H and O–H groups in total. The summed E-state index contributed by atoms with van der Waals surface area (Å²) in [4.78, 5) is 56.0. The molecule has 21 heteroatoms. The van der Waals surface area contributed by atoms with Gasteiger partial charge in [0.05, 0.1) is 39.7 Å². The third-order valence-electron chi connectivity index (χ3n) is 13.8. The van der Waals surface area contributed by atoms with Gasteiger partial charge < -0.3 is 39.6 Å².